The summed E-state index contributed by atoms with van der Waals surface area (Å²) in [6.45, 7) is 1.97. The summed E-state index contributed by atoms with van der Waals surface area (Å²) in [5, 5.41) is 23.7. The van der Waals surface area contributed by atoms with E-state index in [-0.39, 0.29) is 35.3 Å². The van der Waals surface area contributed by atoms with E-state index >= 15 is 0 Å². The van der Waals surface area contributed by atoms with Crippen LogP contribution in [0.25, 0.3) is 0 Å². The molecule has 2 aliphatic rings. The topological polar surface area (TPSA) is 116 Å². The first-order chi connectivity index (χ1) is 12.4. The van der Waals surface area contributed by atoms with Crippen molar-refractivity contribution >= 4 is 29.3 Å². The number of aliphatic hydroxyl groups excluding tert-OH is 1. The molecule has 0 saturated heterocycles. The first-order valence-corrected chi connectivity index (χ1v) is 9.66. The lowest BCUT2D eigenvalue weighted by Gasteiger charge is -2.36. The van der Waals surface area contributed by atoms with Crippen LogP contribution in [-0.2, 0) is 9.53 Å². The molecule has 3 rings (SSSR count). The summed E-state index contributed by atoms with van der Waals surface area (Å²) < 4.78 is 5.29. The second-order valence-electron chi connectivity index (χ2n) is 6.99. The number of nitrogens with one attached hydrogen (secondary N) is 3. The molecule has 1 fully saturated rings. The lowest BCUT2D eigenvalue weighted by molar-refractivity contribution is -0.113. The standard InChI is InChI=1S/C17H24N4O4S/c1-17(5-3-10(22)4-6-17)20-16(24)14-12(7-18-21-14)19-15(23)11-8-26-9-13(11)25-2/h7-8,10,13,22H,3-6,9H2,1-2H3,(H,18,21)(H,19,23)(H,20,24). The molecule has 8 nitrogen and oxygen atoms in total. The van der Waals surface area contributed by atoms with Crippen LogP contribution in [0.3, 0.4) is 0 Å². The van der Waals surface area contributed by atoms with Gasteiger partial charge >= 0.3 is 0 Å². The van der Waals surface area contributed by atoms with Gasteiger partial charge in [-0.2, -0.15) is 5.10 Å². The van der Waals surface area contributed by atoms with Crippen LogP contribution in [0.2, 0.25) is 0 Å². The fourth-order valence-electron chi connectivity index (χ4n) is 3.24. The van der Waals surface area contributed by atoms with E-state index in [0.717, 1.165) is 0 Å². The van der Waals surface area contributed by atoms with Crippen molar-refractivity contribution in [2.45, 2.75) is 50.4 Å². The SMILES string of the molecule is COC1CSC=C1C(=O)Nc1cn[nH]c1C(=O)NC1(C)CCC(O)CC1. The zero-order valence-electron chi connectivity index (χ0n) is 14.9. The van der Waals surface area contributed by atoms with Gasteiger partial charge in [0.1, 0.15) is 5.69 Å². The lowest BCUT2D eigenvalue weighted by atomic mass is 9.82. The number of thioether (sulfide) groups is 1. The summed E-state index contributed by atoms with van der Waals surface area (Å²) in [5.41, 5.74) is 0.706. The van der Waals surface area contributed by atoms with E-state index in [9.17, 15) is 14.7 Å². The molecule has 2 heterocycles. The van der Waals surface area contributed by atoms with Gasteiger partial charge in [-0.25, -0.2) is 0 Å². The number of carbonyl (C=O) groups is 2. The second kappa shape index (κ2) is 7.81. The summed E-state index contributed by atoms with van der Waals surface area (Å²) in [7, 11) is 1.57. The van der Waals surface area contributed by atoms with Gasteiger partial charge in [-0.05, 0) is 38.0 Å². The van der Waals surface area contributed by atoms with Crippen molar-refractivity contribution < 1.29 is 19.4 Å². The van der Waals surface area contributed by atoms with Gasteiger partial charge < -0.3 is 20.5 Å². The lowest BCUT2D eigenvalue weighted by Crippen LogP contribution is -2.49. The first kappa shape index (κ1) is 18.9. The molecule has 142 valence electrons. The van der Waals surface area contributed by atoms with E-state index in [1.165, 1.54) is 18.0 Å². The molecule has 4 N–H and O–H groups in total. The van der Waals surface area contributed by atoms with Gasteiger partial charge in [0.25, 0.3) is 11.8 Å². The van der Waals surface area contributed by atoms with E-state index in [0.29, 0.717) is 42.7 Å². The predicted octanol–water partition coefficient (Wildman–Crippen LogP) is 1.42. The Morgan fingerprint density at radius 3 is 2.81 bits per heavy atom. The largest absolute Gasteiger partial charge is 0.393 e. The molecule has 9 heteroatoms. The average molecular weight is 380 g/mol. The Kier molecular flexibility index (Phi) is 5.69. The fourth-order valence-corrected chi connectivity index (χ4v) is 4.26. The van der Waals surface area contributed by atoms with Gasteiger partial charge in [-0.1, -0.05) is 0 Å². The minimum atomic E-state index is -0.380. The molecule has 1 aliphatic heterocycles. The number of methoxy groups -OCH3 is 1. The Morgan fingerprint density at radius 2 is 2.12 bits per heavy atom. The molecule has 0 bridgehead atoms. The number of rotatable bonds is 5. The van der Waals surface area contributed by atoms with Gasteiger partial charge in [-0.15, -0.1) is 11.8 Å². The number of anilines is 1. The van der Waals surface area contributed by atoms with Crippen LogP contribution in [0, 0.1) is 0 Å². The van der Waals surface area contributed by atoms with Crippen molar-refractivity contribution in [3.05, 3.63) is 22.9 Å². The maximum Gasteiger partial charge on any atom is 0.271 e. The molecule has 2 amide bonds. The summed E-state index contributed by atoms with van der Waals surface area (Å²) in [4.78, 5) is 25.1. The summed E-state index contributed by atoms with van der Waals surface area (Å²) in [5.74, 6) is 0.0707. The van der Waals surface area contributed by atoms with E-state index in [1.54, 1.807) is 12.5 Å². The number of H-pyrrole nitrogens is 1. The number of aliphatic hydroxyl groups is 1. The number of amides is 2. The average Bonchev–Trinajstić information content (AvgIpc) is 3.26. The van der Waals surface area contributed by atoms with E-state index in [1.807, 2.05) is 6.92 Å². The Balaban J connectivity index is 1.66. The fraction of sp³-hybridized carbons (Fsp3) is 0.588. The maximum absolute atomic E-state index is 12.7. The van der Waals surface area contributed by atoms with E-state index in [4.69, 9.17) is 4.74 Å². The normalized spacial score (nSPS) is 28.5. The summed E-state index contributed by atoms with van der Waals surface area (Å²) in [6, 6.07) is 0. The number of aromatic amines is 1. The van der Waals surface area contributed by atoms with Crippen LogP contribution in [0.1, 0.15) is 43.1 Å². The van der Waals surface area contributed by atoms with Crippen LogP contribution in [-0.4, -0.2) is 57.7 Å². The number of carbonyl (C=O) groups excluding carboxylic acids is 2. The molecular formula is C17H24N4O4S. The molecule has 1 unspecified atom stereocenters. The molecule has 1 aromatic rings. The van der Waals surface area contributed by atoms with Crippen LogP contribution in [0.15, 0.2) is 17.2 Å². The number of hydrogen-bond donors (Lipinski definition) is 4. The molecule has 1 saturated carbocycles. The van der Waals surface area contributed by atoms with Crippen molar-refractivity contribution in [2.75, 3.05) is 18.2 Å². The molecule has 26 heavy (non-hydrogen) atoms. The third kappa shape index (κ3) is 4.11. The van der Waals surface area contributed by atoms with Gasteiger partial charge in [0, 0.05) is 18.4 Å². The molecule has 1 aliphatic carbocycles. The number of ether oxygens (including phenoxy) is 1. The number of nitrogens with zero attached hydrogens (tertiary/aromatic N) is 1. The highest BCUT2D eigenvalue weighted by molar-refractivity contribution is 8.02. The molecule has 1 aromatic heterocycles. The van der Waals surface area contributed by atoms with Gasteiger partial charge in [0.15, 0.2) is 0 Å². The van der Waals surface area contributed by atoms with Crippen LogP contribution >= 0.6 is 11.8 Å². The highest BCUT2D eigenvalue weighted by Crippen LogP contribution is 2.29. The minimum absolute atomic E-state index is 0.214. The van der Waals surface area contributed by atoms with Crippen molar-refractivity contribution in [3.63, 3.8) is 0 Å². The van der Waals surface area contributed by atoms with Crippen molar-refractivity contribution in [2.24, 2.45) is 0 Å². The first-order valence-electron chi connectivity index (χ1n) is 8.61. The zero-order valence-corrected chi connectivity index (χ0v) is 15.7. The van der Waals surface area contributed by atoms with Crippen LogP contribution < -0.4 is 10.6 Å². The molecule has 1 atom stereocenters. The smallest absolute Gasteiger partial charge is 0.271 e. The highest BCUT2D eigenvalue weighted by Gasteiger charge is 2.33. The number of aromatic nitrogens is 2. The van der Waals surface area contributed by atoms with Crippen molar-refractivity contribution in [1.82, 2.24) is 15.5 Å². The molecule has 0 radical (unpaired) electrons. The highest BCUT2D eigenvalue weighted by atomic mass is 32.2. The molecular weight excluding hydrogens is 356 g/mol. The van der Waals surface area contributed by atoms with Crippen molar-refractivity contribution in [1.29, 1.82) is 0 Å². The second-order valence-corrected chi connectivity index (χ2v) is 7.89. The maximum atomic E-state index is 12.7. The van der Waals surface area contributed by atoms with Crippen LogP contribution in [0.4, 0.5) is 5.69 Å². The third-order valence-corrected chi connectivity index (χ3v) is 5.86. The van der Waals surface area contributed by atoms with Gasteiger partial charge in [-0.3, -0.25) is 14.7 Å². The Bertz CT molecular complexity index is 709. The molecule has 0 spiro atoms. The Hall–Kier alpha value is -1.84. The van der Waals surface area contributed by atoms with Crippen molar-refractivity contribution in [3.8, 4) is 0 Å². The Labute approximate surface area is 156 Å². The third-order valence-electron chi connectivity index (χ3n) is 4.94. The van der Waals surface area contributed by atoms with Crippen LogP contribution in [0.5, 0.6) is 0 Å². The molecule has 0 aromatic carbocycles. The van der Waals surface area contributed by atoms with E-state index in [2.05, 4.69) is 20.8 Å². The minimum Gasteiger partial charge on any atom is -0.393 e. The Morgan fingerprint density at radius 1 is 1.38 bits per heavy atom. The predicted molar refractivity (Wildman–Crippen MR) is 98.9 cm³/mol. The van der Waals surface area contributed by atoms with Gasteiger partial charge in [0.2, 0.25) is 0 Å². The van der Waals surface area contributed by atoms with E-state index < -0.39 is 0 Å². The summed E-state index contributed by atoms with van der Waals surface area (Å²) in [6.07, 6.45) is 3.60. The zero-order chi connectivity index (χ0) is 18.7. The number of hydrogen-bond acceptors (Lipinski definition) is 6. The quantitative estimate of drug-likeness (QED) is 0.614. The monoisotopic (exact) mass is 380 g/mol. The summed E-state index contributed by atoms with van der Waals surface area (Å²) >= 11 is 1.52. The van der Waals surface area contributed by atoms with Gasteiger partial charge in [0.05, 0.1) is 29.7 Å².